The second-order valence-electron chi connectivity index (χ2n) is 9.11. The molecule has 156 valence electrons. The Morgan fingerprint density at radius 2 is 2.07 bits per heavy atom. The van der Waals surface area contributed by atoms with E-state index < -0.39 is 29.9 Å². The molecule has 0 N–H and O–H groups in total. The van der Waals surface area contributed by atoms with Gasteiger partial charge in [-0.25, -0.2) is 14.5 Å². The van der Waals surface area contributed by atoms with Crippen molar-refractivity contribution in [3.8, 4) is 0 Å². The molecule has 0 aromatic rings. The van der Waals surface area contributed by atoms with Crippen LogP contribution in [0.3, 0.4) is 0 Å². The Hall–Kier alpha value is -2.57. The van der Waals surface area contributed by atoms with Gasteiger partial charge in [-0.05, 0) is 64.9 Å². The fraction of sp³-hybridized carbons (Fsp3) is 0.591. The lowest BCUT2D eigenvalue weighted by Gasteiger charge is -2.29. The Labute approximate surface area is 170 Å². The Kier molecular flexibility index (Phi) is 4.79. The van der Waals surface area contributed by atoms with Gasteiger partial charge in [0.15, 0.2) is 0 Å². The number of fused-ring (bicyclic) bond motifs is 3. The topological polar surface area (TPSA) is 82.1 Å². The number of amides is 2. The van der Waals surface area contributed by atoms with Gasteiger partial charge in [0.05, 0.1) is 17.9 Å². The van der Waals surface area contributed by atoms with Crippen molar-refractivity contribution in [3.63, 3.8) is 0 Å². The lowest BCUT2D eigenvalue weighted by Crippen LogP contribution is -2.43. The molecule has 1 unspecified atom stereocenters. The lowest BCUT2D eigenvalue weighted by atomic mass is 9.89. The number of hydrogen-bond acceptors (Lipinski definition) is 6. The van der Waals surface area contributed by atoms with Crippen LogP contribution in [0.4, 0.5) is 4.79 Å². The van der Waals surface area contributed by atoms with E-state index in [0.29, 0.717) is 17.1 Å². The van der Waals surface area contributed by atoms with E-state index >= 15 is 0 Å². The van der Waals surface area contributed by atoms with E-state index in [1.807, 2.05) is 0 Å². The van der Waals surface area contributed by atoms with E-state index in [1.165, 1.54) is 11.2 Å². The Balaban J connectivity index is 1.63. The molecular formula is C22H27NO6. The predicted octanol–water partition coefficient (Wildman–Crippen LogP) is 3.61. The quantitative estimate of drug-likeness (QED) is 0.304. The van der Waals surface area contributed by atoms with Crippen LogP contribution in [0, 0.1) is 11.8 Å². The maximum Gasteiger partial charge on any atom is 0.417 e. The molecule has 0 radical (unpaired) electrons. The highest BCUT2D eigenvalue weighted by Crippen LogP contribution is 2.51. The number of rotatable bonds is 2. The van der Waals surface area contributed by atoms with Crippen LogP contribution in [0.1, 0.15) is 53.4 Å². The second-order valence-corrected chi connectivity index (χ2v) is 9.11. The number of hydrogen-bond donors (Lipinski definition) is 0. The third-order valence-electron chi connectivity index (χ3n) is 5.86. The Bertz CT molecular complexity index is 846. The van der Waals surface area contributed by atoms with Gasteiger partial charge in [-0.15, -0.1) is 0 Å². The summed E-state index contributed by atoms with van der Waals surface area (Å²) in [7, 11) is 0. The van der Waals surface area contributed by atoms with Crippen molar-refractivity contribution in [1.82, 2.24) is 4.90 Å². The van der Waals surface area contributed by atoms with Crippen molar-refractivity contribution >= 4 is 18.0 Å². The van der Waals surface area contributed by atoms with Crippen molar-refractivity contribution in [3.05, 3.63) is 35.1 Å². The van der Waals surface area contributed by atoms with Gasteiger partial charge in [-0.3, -0.25) is 4.79 Å². The van der Waals surface area contributed by atoms with Gasteiger partial charge in [-0.1, -0.05) is 6.08 Å². The molecule has 0 aromatic heterocycles. The Morgan fingerprint density at radius 3 is 2.72 bits per heavy atom. The summed E-state index contributed by atoms with van der Waals surface area (Å²) < 4.78 is 16.2. The first-order valence-electron chi connectivity index (χ1n) is 10.2. The van der Waals surface area contributed by atoms with Crippen LogP contribution < -0.4 is 0 Å². The highest BCUT2D eigenvalue weighted by molar-refractivity contribution is 6.06. The molecule has 0 bridgehead atoms. The maximum atomic E-state index is 13.2. The molecular weight excluding hydrogens is 374 g/mol. The number of allylic oxidation sites excluding steroid dienone is 1. The molecule has 7 heteroatoms. The molecule has 4 aliphatic rings. The smallest absolute Gasteiger partial charge is 0.417 e. The summed E-state index contributed by atoms with van der Waals surface area (Å²) in [6.45, 7) is 6.99. The zero-order valence-electron chi connectivity index (χ0n) is 17.3. The number of ether oxygens (including phenoxy) is 3. The molecule has 0 spiro atoms. The summed E-state index contributed by atoms with van der Waals surface area (Å²) in [6, 6.07) is -0.319. The molecule has 1 saturated carbocycles. The maximum absolute atomic E-state index is 13.2. The van der Waals surface area contributed by atoms with Crippen molar-refractivity contribution in [2.75, 3.05) is 0 Å². The largest absolute Gasteiger partial charge is 0.458 e. The van der Waals surface area contributed by atoms with E-state index in [4.69, 9.17) is 14.2 Å². The third kappa shape index (κ3) is 3.58. The SMILES string of the molecule is CC1=C[C@H](O/C=C2/C(=O)N(C(=O)OC(C)(C)C)[C@@H]3C4=CCCC[C@H]4CC23)OC1=O. The van der Waals surface area contributed by atoms with Crippen LogP contribution in [0.5, 0.6) is 0 Å². The van der Waals surface area contributed by atoms with Crippen LogP contribution in [0.15, 0.2) is 35.1 Å². The van der Waals surface area contributed by atoms with Gasteiger partial charge < -0.3 is 14.2 Å². The van der Waals surface area contributed by atoms with Gasteiger partial charge in [0, 0.05) is 17.6 Å². The molecule has 4 rings (SSSR count). The van der Waals surface area contributed by atoms with Gasteiger partial charge in [0.1, 0.15) is 5.60 Å². The molecule has 1 saturated heterocycles. The van der Waals surface area contributed by atoms with Gasteiger partial charge in [0.2, 0.25) is 0 Å². The van der Waals surface area contributed by atoms with E-state index in [2.05, 4.69) is 6.08 Å². The highest BCUT2D eigenvalue weighted by Gasteiger charge is 2.56. The molecule has 2 heterocycles. The van der Waals surface area contributed by atoms with Gasteiger partial charge in [0.25, 0.3) is 12.2 Å². The van der Waals surface area contributed by atoms with Crippen LogP contribution in [0.2, 0.25) is 0 Å². The van der Waals surface area contributed by atoms with Crippen LogP contribution in [-0.2, 0) is 23.8 Å². The number of cyclic esters (lactones) is 1. The van der Waals surface area contributed by atoms with Crippen molar-refractivity contribution in [2.45, 2.75) is 71.3 Å². The molecule has 2 aliphatic heterocycles. The zero-order valence-corrected chi connectivity index (χ0v) is 17.3. The molecule has 29 heavy (non-hydrogen) atoms. The molecule has 2 amide bonds. The summed E-state index contributed by atoms with van der Waals surface area (Å²) in [5.74, 6) is -0.598. The van der Waals surface area contributed by atoms with Crippen LogP contribution in [-0.4, -0.2) is 40.8 Å². The summed E-state index contributed by atoms with van der Waals surface area (Å²) in [6.07, 6.45) is 7.58. The minimum Gasteiger partial charge on any atom is -0.458 e. The number of likely N-dealkylation sites (tertiary alicyclic amines) is 1. The normalized spacial score (nSPS) is 32.6. The Morgan fingerprint density at radius 1 is 1.31 bits per heavy atom. The third-order valence-corrected chi connectivity index (χ3v) is 5.86. The lowest BCUT2D eigenvalue weighted by molar-refractivity contribution is -0.152. The number of carbonyl (C=O) groups excluding carboxylic acids is 3. The monoisotopic (exact) mass is 401 g/mol. The van der Waals surface area contributed by atoms with Crippen LogP contribution in [0.25, 0.3) is 0 Å². The second kappa shape index (κ2) is 7.04. The first kappa shape index (κ1) is 19.7. The minimum atomic E-state index is -0.847. The summed E-state index contributed by atoms with van der Waals surface area (Å²) >= 11 is 0. The first-order valence-corrected chi connectivity index (χ1v) is 10.2. The summed E-state index contributed by atoms with van der Waals surface area (Å²) in [4.78, 5) is 38.9. The molecule has 4 atom stereocenters. The summed E-state index contributed by atoms with van der Waals surface area (Å²) in [5, 5.41) is 0. The van der Waals surface area contributed by atoms with Crippen LogP contribution >= 0.6 is 0 Å². The average Bonchev–Trinajstić information content (AvgIpc) is 3.23. The number of nitrogens with zero attached hydrogens (tertiary/aromatic N) is 1. The van der Waals surface area contributed by atoms with Crippen molar-refractivity contribution < 1.29 is 28.6 Å². The van der Waals surface area contributed by atoms with Crippen molar-refractivity contribution in [1.29, 1.82) is 0 Å². The molecule has 2 fully saturated rings. The minimum absolute atomic E-state index is 0.133. The summed E-state index contributed by atoms with van der Waals surface area (Å²) in [5.41, 5.74) is 1.36. The predicted molar refractivity (Wildman–Crippen MR) is 103 cm³/mol. The fourth-order valence-corrected chi connectivity index (χ4v) is 4.66. The van der Waals surface area contributed by atoms with E-state index in [9.17, 15) is 14.4 Å². The average molecular weight is 401 g/mol. The number of imide groups is 1. The van der Waals surface area contributed by atoms with E-state index in [1.54, 1.807) is 33.8 Å². The number of esters is 1. The molecule has 2 aliphatic carbocycles. The van der Waals surface area contributed by atoms with Gasteiger partial charge >= 0.3 is 12.1 Å². The first-order chi connectivity index (χ1) is 13.7. The molecule has 0 aromatic carbocycles. The van der Waals surface area contributed by atoms with Crippen molar-refractivity contribution in [2.24, 2.45) is 11.8 Å². The van der Waals surface area contributed by atoms with E-state index in [-0.39, 0.29) is 12.0 Å². The highest BCUT2D eigenvalue weighted by atomic mass is 16.7. The standard InChI is InChI=1S/C22H27NO6/c1-12-9-17(28-20(12)25)27-11-16-15-10-13-7-5-6-8-14(13)18(15)23(19(16)24)21(26)29-22(2,3)4/h8-9,11,13,15,17-18H,5-7,10H2,1-4H3/b16-11+/t13-,15?,17+,18+/m0/s1. The fourth-order valence-electron chi connectivity index (χ4n) is 4.66. The zero-order chi connectivity index (χ0) is 20.9. The van der Waals surface area contributed by atoms with Gasteiger partial charge in [-0.2, -0.15) is 0 Å². The number of carbonyl (C=O) groups is 3. The molecule has 7 nitrogen and oxygen atoms in total. The van der Waals surface area contributed by atoms with E-state index in [0.717, 1.165) is 31.3 Å².